The Morgan fingerprint density at radius 1 is 0.278 bits per heavy atom. The molecule has 0 radical (unpaired) electrons. The van der Waals surface area contributed by atoms with Crippen molar-refractivity contribution in [2.45, 2.75) is 0 Å². The van der Waals surface area contributed by atoms with Gasteiger partial charge in [0.15, 0.2) is 17.5 Å². The highest BCUT2D eigenvalue weighted by Crippen LogP contribution is 2.38. The molecule has 0 bridgehead atoms. The van der Waals surface area contributed by atoms with E-state index < -0.39 is 170 Å². The Morgan fingerprint density at radius 2 is 0.722 bits per heavy atom. The van der Waals surface area contributed by atoms with Gasteiger partial charge in [0.05, 0.1) is 26.0 Å². The number of hydrogen-bond donors (Lipinski definition) is 0. The van der Waals surface area contributed by atoms with E-state index in [0.29, 0.717) is 11.1 Å². The average Bonchev–Trinajstić information content (AvgIpc) is 3.40. The maximum atomic E-state index is 9.64. The maximum absolute atomic E-state index is 9.64. The minimum atomic E-state index is -0.932. The van der Waals surface area contributed by atoms with Gasteiger partial charge in [0, 0.05) is 16.7 Å². The first-order valence-corrected chi connectivity index (χ1v) is 16.7. The van der Waals surface area contributed by atoms with Gasteiger partial charge in [-0.25, -0.2) is 15.0 Å². The van der Waals surface area contributed by atoms with Crippen LogP contribution in [-0.2, 0) is 0 Å². The molecule has 10 aromatic rings. The summed E-state index contributed by atoms with van der Waals surface area (Å²) in [5.41, 5.74) is -0.450. The SMILES string of the molecule is [2H]c1c([2H])c(-c2nc(-c3ccccc3)nc(-c3ccccc3-c3ccccc3)n2)c([2H])c(-c2c([2H])c([2H])c(-c3c([2H])c([2H])c4c5c([2H])c([2H])c([2H])c([2H])c5c5c([2H])c([2H])c([2H])c([2H])c5c4c3[2H])c([2H])c2[2H])c1[2H]. The third-order valence-corrected chi connectivity index (χ3v) is 8.83. The molecule has 0 amide bonds. The van der Waals surface area contributed by atoms with Crippen LogP contribution in [0.15, 0.2) is 200 Å². The molecular weight excluding hydrogens is 655 g/mol. The number of rotatable bonds is 6. The summed E-state index contributed by atoms with van der Waals surface area (Å²) >= 11 is 0. The van der Waals surface area contributed by atoms with E-state index in [0.717, 1.165) is 11.1 Å². The van der Waals surface area contributed by atoms with Crippen LogP contribution in [0.5, 0.6) is 0 Å². The second-order valence-electron chi connectivity index (χ2n) is 12.1. The van der Waals surface area contributed by atoms with Gasteiger partial charge in [-0.3, -0.25) is 0 Å². The van der Waals surface area contributed by atoms with Gasteiger partial charge < -0.3 is 0 Å². The third-order valence-electron chi connectivity index (χ3n) is 8.83. The summed E-state index contributed by atoms with van der Waals surface area (Å²) < 4.78 is 172. The molecule has 0 aliphatic rings. The number of nitrogens with zero attached hydrogens (tertiary/aromatic N) is 3. The van der Waals surface area contributed by atoms with Crippen molar-refractivity contribution in [3.8, 4) is 67.5 Å². The summed E-state index contributed by atoms with van der Waals surface area (Å²) in [5, 5.41) is -2.60. The van der Waals surface area contributed by atoms with Gasteiger partial charge in [-0.1, -0.05) is 188 Å². The monoisotopic (exact) mass is 706 g/mol. The van der Waals surface area contributed by atoms with Gasteiger partial charge in [-0.2, -0.15) is 0 Å². The molecular formula is C51H33N3. The molecule has 1 aromatic heterocycles. The Bertz CT molecular complexity index is 4000. The standard InChI is InChI=1S/C51H33N3/c1-3-14-36(15-4-1)41-20-7-12-25-47(41)51-53-49(37-16-5-2-6-17-37)52-50(54-51)40-19-13-18-38(32-40)34-26-28-35(29-27-34)39-30-31-46-44-23-9-8-21-42(44)43-22-10-11-24-45(43)48(46)33-39/h1-33H/i8D,9D,10D,11D,13D,18D,19D,21D,22D,23D,24D,26D,27D,28D,29D,30D,31D,32D,33D. The van der Waals surface area contributed by atoms with E-state index in [4.69, 9.17) is 25.0 Å². The smallest absolute Gasteiger partial charge is 0.164 e. The van der Waals surface area contributed by atoms with Gasteiger partial charge in [0.25, 0.3) is 0 Å². The molecule has 0 fully saturated rings. The van der Waals surface area contributed by atoms with Crippen molar-refractivity contribution in [2.24, 2.45) is 0 Å². The van der Waals surface area contributed by atoms with E-state index in [1.54, 1.807) is 42.5 Å². The Kier molecular flexibility index (Phi) is 4.35. The van der Waals surface area contributed by atoms with Crippen LogP contribution < -0.4 is 0 Å². The van der Waals surface area contributed by atoms with Crippen LogP contribution in [0.4, 0.5) is 0 Å². The first-order chi connectivity index (χ1) is 34.7. The van der Waals surface area contributed by atoms with Crippen LogP contribution in [-0.4, -0.2) is 15.0 Å². The number of hydrogen-bond acceptors (Lipinski definition) is 3. The van der Waals surface area contributed by atoms with E-state index in [1.165, 1.54) is 0 Å². The highest BCUT2D eigenvalue weighted by atomic mass is 15.0. The molecule has 1 heterocycles. The Labute approximate surface area is 340 Å². The van der Waals surface area contributed by atoms with Crippen molar-refractivity contribution in [2.75, 3.05) is 0 Å². The highest BCUT2D eigenvalue weighted by Gasteiger charge is 2.16. The third kappa shape index (κ3) is 5.69. The number of aromatic nitrogens is 3. The van der Waals surface area contributed by atoms with Gasteiger partial charge in [0.1, 0.15) is 0 Å². The van der Waals surface area contributed by atoms with Crippen LogP contribution in [0.1, 0.15) is 26.0 Å². The van der Waals surface area contributed by atoms with Crippen molar-refractivity contribution >= 4 is 32.3 Å². The van der Waals surface area contributed by atoms with Crippen molar-refractivity contribution in [1.29, 1.82) is 0 Å². The predicted octanol–water partition coefficient (Wildman–Crippen LogP) is 13.3. The molecule has 0 saturated carbocycles. The van der Waals surface area contributed by atoms with Crippen molar-refractivity contribution in [1.82, 2.24) is 15.0 Å². The lowest BCUT2D eigenvalue weighted by atomic mass is 9.92. The normalized spacial score (nSPS) is 16.3. The highest BCUT2D eigenvalue weighted by molar-refractivity contribution is 6.25. The Hall–Kier alpha value is -7.23. The molecule has 10 rings (SSSR count). The van der Waals surface area contributed by atoms with E-state index in [1.807, 2.05) is 42.5 Å². The topological polar surface area (TPSA) is 38.7 Å². The van der Waals surface area contributed by atoms with E-state index in [2.05, 4.69) is 4.98 Å². The zero-order chi connectivity index (χ0) is 52.4. The van der Waals surface area contributed by atoms with Crippen molar-refractivity contribution in [3.63, 3.8) is 0 Å². The molecule has 3 nitrogen and oxygen atoms in total. The fourth-order valence-corrected chi connectivity index (χ4v) is 6.30. The first kappa shape index (κ1) is 17.5. The molecule has 0 unspecified atom stereocenters. The second-order valence-corrected chi connectivity index (χ2v) is 12.1. The molecule has 54 heavy (non-hydrogen) atoms. The molecule has 0 aliphatic heterocycles. The second kappa shape index (κ2) is 13.4. The molecule has 0 aliphatic carbocycles. The summed E-state index contributed by atoms with van der Waals surface area (Å²) in [7, 11) is 0. The summed E-state index contributed by atoms with van der Waals surface area (Å²) in [6.07, 6.45) is 0. The van der Waals surface area contributed by atoms with E-state index in [9.17, 15) is 11.0 Å². The zero-order valence-corrected chi connectivity index (χ0v) is 27.9. The first-order valence-electron chi connectivity index (χ1n) is 26.2. The molecule has 3 heteroatoms. The molecule has 0 saturated heterocycles. The maximum Gasteiger partial charge on any atom is 0.164 e. The fraction of sp³-hybridized carbons (Fsp3) is 0. The predicted molar refractivity (Wildman–Crippen MR) is 225 cm³/mol. The van der Waals surface area contributed by atoms with Gasteiger partial charge in [-0.15, -0.1) is 0 Å². The summed E-state index contributed by atoms with van der Waals surface area (Å²) in [6, 6.07) is 10.3. The van der Waals surface area contributed by atoms with Crippen LogP contribution in [0.2, 0.25) is 0 Å². The number of benzene rings is 9. The Morgan fingerprint density at radius 3 is 1.35 bits per heavy atom. The zero-order valence-electron chi connectivity index (χ0n) is 46.9. The van der Waals surface area contributed by atoms with Crippen LogP contribution in [0, 0.1) is 0 Å². The molecule has 9 aromatic carbocycles. The minimum absolute atomic E-state index is 0.122. The molecule has 0 atom stereocenters. The lowest BCUT2D eigenvalue weighted by Gasteiger charge is -2.13. The van der Waals surface area contributed by atoms with Crippen LogP contribution in [0.25, 0.3) is 99.9 Å². The minimum Gasteiger partial charge on any atom is -0.208 e. The van der Waals surface area contributed by atoms with E-state index >= 15 is 0 Å². The fourth-order valence-electron chi connectivity index (χ4n) is 6.30. The van der Waals surface area contributed by atoms with Crippen molar-refractivity contribution < 1.29 is 26.0 Å². The molecule has 0 spiro atoms. The largest absolute Gasteiger partial charge is 0.208 e. The lowest BCUT2D eigenvalue weighted by molar-refractivity contribution is 1.07. The summed E-state index contributed by atoms with van der Waals surface area (Å²) in [4.78, 5) is 14.2. The quantitative estimate of drug-likeness (QED) is 0.162. The van der Waals surface area contributed by atoms with Gasteiger partial charge in [-0.05, 0) is 77.8 Å². The average molecular weight is 707 g/mol. The van der Waals surface area contributed by atoms with Crippen LogP contribution in [0.3, 0.4) is 0 Å². The number of fused-ring (bicyclic) bond motifs is 6. The van der Waals surface area contributed by atoms with Gasteiger partial charge >= 0.3 is 0 Å². The summed E-state index contributed by atoms with van der Waals surface area (Å²) in [5.74, 6) is -0.0306. The van der Waals surface area contributed by atoms with Crippen LogP contribution >= 0.6 is 0 Å². The Balaban J connectivity index is 1.26. The molecule has 0 N–H and O–H groups in total. The van der Waals surface area contributed by atoms with Gasteiger partial charge in [0.2, 0.25) is 0 Å². The molecule has 252 valence electrons. The summed E-state index contributed by atoms with van der Waals surface area (Å²) in [6.45, 7) is 0. The lowest BCUT2D eigenvalue weighted by Crippen LogP contribution is -2.01. The van der Waals surface area contributed by atoms with E-state index in [-0.39, 0.29) is 22.9 Å². The van der Waals surface area contributed by atoms with Crippen molar-refractivity contribution in [3.05, 3.63) is 200 Å².